The second-order valence-corrected chi connectivity index (χ2v) is 4.58. The predicted octanol–water partition coefficient (Wildman–Crippen LogP) is 3.64. The first-order chi connectivity index (χ1) is 9.76. The van der Waals surface area contributed by atoms with Gasteiger partial charge in [0.15, 0.2) is 0 Å². The molecule has 0 unspecified atom stereocenters. The fourth-order valence-corrected chi connectivity index (χ4v) is 2.05. The van der Waals surface area contributed by atoms with Gasteiger partial charge in [-0.15, -0.1) is 5.10 Å². The van der Waals surface area contributed by atoms with Crippen LogP contribution in [0.3, 0.4) is 0 Å². The maximum Gasteiger partial charge on any atom is 0.125 e. The molecule has 0 fully saturated rings. The molecule has 2 aromatic carbocycles. The van der Waals surface area contributed by atoms with Crippen molar-refractivity contribution in [2.45, 2.75) is 13.3 Å². The van der Waals surface area contributed by atoms with Crippen molar-refractivity contribution in [3.05, 3.63) is 66.1 Å². The second-order valence-electron chi connectivity index (χ2n) is 4.58. The van der Waals surface area contributed by atoms with Gasteiger partial charge in [0.05, 0.1) is 11.9 Å². The lowest BCUT2D eigenvalue weighted by Crippen LogP contribution is -1.94. The molecule has 0 aliphatic carbocycles. The van der Waals surface area contributed by atoms with E-state index in [2.05, 4.69) is 29.4 Å². The van der Waals surface area contributed by atoms with Crippen LogP contribution in [0.4, 0.5) is 4.39 Å². The van der Waals surface area contributed by atoms with Gasteiger partial charge in [-0.1, -0.05) is 42.5 Å². The van der Waals surface area contributed by atoms with Crippen molar-refractivity contribution in [1.29, 1.82) is 0 Å². The van der Waals surface area contributed by atoms with Crippen LogP contribution in [-0.2, 0) is 6.42 Å². The third-order valence-corrected chi connectivity index (χ3v) is 3.22. The minimum Gasteiger partial charge on any atom is -0.220 e. The molecule has 1 aromatic heterocycles. The van der Waals surface area contributed by atoms with E-state index in [-0.39, 0.29) is 5.82 Å². The van der Waals surface area contributed by atoms with Gasteiger partial charge in [0.2, 0.25) is 0 Å². The lowest BCUT2D eigenvalue weighted by Gasteiger charge is -1.99. The highest BCUT2D eigenvalue weighted by atomic mass is 19.1. The molecule has 3 nitrogen and oxygen atoms in total. The van der Waals surface area contributed by atoms with Crippen molar-refractivity contribution in [2.24, 2.45) is 0 Å². The van der Waals surface area contributed by atoms with E-state index in [4.69, 9.17) is 0 Å². The Morgan fingerprint density at radius 3 is 2.60 bits per heavy atom. The number of rotatable bonds is 3. The number of nitrogens with zero attached hydrogens (tertiary/aromatic N) is 3. The quantitative estimate of drug-likeness (QED) is 0.725. The van der Waals surface area contributed by atoms with E-state index in [1.54, 1.807) is 23.0 Å². The monoisotopic (exact) mass is 267 g/mol. The van der Waals surface area contributed by atoms with Crippen LogP contribution >= 0.6 is 0 Å². The van der Waals surface area contributed by atoms with Crippen LogP contribution < -0.4 is 0 Å². The molecule has 0 atom stereocenters. The molecule has 0 saturated carbocycles. The molecule has 0 N–H and O–H groups in total. The van der Waals surface area contributed by atoms with E-state index in [0.29, 0.717) is 5.69 Å². The van der Waals surface area contributed by atoms with E-state index >= 15 is 0 Å². The second kappa shape index (κ2) is 5.25. The van der Waals surface area contributed by atoms with Crippen LogP contribution in [-0.4, -0.2) is 15.0 Å². The standard InChI is InChI=1S/C16H14FN3/c1-2-12-6-8-13(9-7-12)16-11-20(19-18-16)15-5-3-4-14(17)10-15/h3-11H,2H2,1H3. The number of hydrogen-bond acceptors (Lipinski definition) is 2. The third-order valence-electron chi connectivity index (χ3n) is 3.22. The molecule has 0 saturated heterocycles. The highest BCUT2D eigenvalue weighted by Gasteiger charge is 2.05. The van der Waals surface area contributed by atoms with Crippen molar-refractivity contribution < 1.29 is 4.39 Å². The summed E-state index contributed by atoms with van der Waals surface area (Å²) in [5, 5.41) is 8.19. The number of benzene rings is 2. The molecule has 0 radical (unpaired) electrons. The zero-order valence-electron chi connectivity index (χ0n) is 11.1. The number of hydrogen-bond donors (Lipinski definition) is 0. The smallest absolute Gasteiger partial charge is 0.125 e. The van der Waals surface area contributed by atoms with E-state index in [9.17, 15) is 4.39 Å². The molecule has 20 heavy (non-hydrogen) atoms. The Labute approximate surface area is 116 Å². The molecule has 0 amide bonds. The van der Waals surface area contributed by atoms with Crippen molar-refractivity contribution in [1.82, 2.24) is 15.0 Å². The normalized spacial score (nSPS) is 10.7. The lowest BCUT2D eigenvalue weighted by atomic mass is 10.1. The Bertz CT molecular complexity index is 717. The molecule has 0 aliphatic rings. The first-order valence-corrected chi connectivity index (χ1v) is 6.54. The summed E-state index contributed by atoms with van der Waals surface area (Å²) in [5.41, 5.74) is 3.72. The van der Waals surface area contributed by atoms with Gasteiger partial charge in [0, 0.05) is 5.56 Å². The Morgan fingerprint density at radius 1 is 1.10 bits per heavy atom. The summed E-state index contributed by atoms with van der Waals surface area (Å²) in [6, 6.07) is 14.5. The van der Waals surface area contributed by atoms with Gasteiger partial charge in [-0.25, -0.2) is 9.07 Å². The Balaban J connectivity index is 1.93. The van der Waals surface area contributed by atoms with Crippen LogP contribution in [0.1, 0.15) is 12.5 Å². The zero-order chi connectivity index (χ0) is 13.9. The fraction of sp³-hybridized carbons (Fsp3) is 0.125. The summed E-state index contributed by atoms with van der Waals surface area (Å²) in [6.07, 6.45) is 2.81. The summed E-state index contributed by atoms with van der Waals surface area (Å²) in [5.74, 6) is -0.285. The van der Waals surface area contributed by atoms with Gasteiger partial charge in [-0.05, 0) is 30.2 Å². The van der Waals surface area contributed by atoms with E-state index in [1.807, 2.05) is 12.1 Å². The molecule has 100 valence electrons. The summed E-state index contributed by atoms with van der Waals surface area (Å²) in [6.45, 7) is 2.12. The van der Waals surface area contributed by atoms with E-state index in [0.717, 1.165) is 17.7 Å². The Kier molecular flexibility index (Phi) is 3.29. The van der Waals surface area contributed by atoms with Gasteiger partial charge in [-0.2, -0.15) is 0 Å². The maximum atomic E-state index is 13.2. The first-order valence-electron chi connectivity index (χ1n) is 6.54. The van der Waals surface area contributed by atoms with Crippen molar-refractivity contribution in [2.75, 3.05) is 0 Å². The van der Waals surface area contributed by atoms with E-state index < -0.39 is 0 Å². The van der Waals surface area contributed by atoms with Crippen LogP contribution in [0.25, 0.3) is 16.9 Å². The molecule has 1 heterocycles. The van der Waals surface area contributed by atoms with Crippen LogP contribution in [0.15, 0.2) is 54.7 Å². The van der Waals surface area contributed by atoms with Gasteiger partial charge in [-0.3, -0.25) is 0 Å². The third kappa shape index (κ3) is 2.45. The van der Waals surface area contributed by atoms with E-state index in [1.165, 1.54) is 17.7 Å². The molecular formula is C16H14FN3. The summed E-state index contributed by atoms with van der Waals surface area (Å²) < 4.78 is 14.8. The highest BCUT2D eigenvalue weighted by Crippen LogP contribution is 2.18. The number of aromatic nitrogens is 3. The molecule has 0 aliphatic heterocycles. The van der Waals surface area contributed by atoms with Crippen molar-refractivity contribution in [3.63, 3.8) is 0 Å². The Morgan fingerprint density at radius 2 is 1.90 bits per heavy atom. The van der Waals surface area contributed by atoms with Gasteiger partial charge >= 0.3 is 0 Å². The summed E-state index contributed by atoms with van der Waals surface area (Å²) >= 11 is 0. The molecular weight excluding hydrogens is 253 g/mol. The van der Waals surface area contributed by atoms with Crippen LogP contribution in [0.2, 0.25) is 0 Å². The largest absolute Gasteiger partial charge is 0.220 e. The first kappa shape index (κ1) is 12.5. The fourth-order valence-electron chi connectivity index (χ4n) is 2.05. The minimum atomic E-state index is -0.285. The van der Waals surface area contributed by atoms with Gasteiger partial charge in [0.1, 0.15) is 11.5 Å². The molecule has 3 rings (SSSR count). The molecule has 3 aromatic rings. The summed E-state index contributed by atoms with van der Waals surface area (Å²) in [7, 11) is 0. The molecule has 4 heteroatoms. The average Bonchev–Trinajstić information content (AvgIpc) is 2.97. The van der Waals surface area contributed by atoms with Crippen molar-refractivity contribution >= 4 is 0 Å². The van der Waals surface area contributed by atoms with Gasteiger partial charge < -0.3 is 0 Å². The van der Waals surface area contributed by atoms with Crippen molar-refractivity contribution in [3.8, 4) is 16.9 Å². The highest BCUT2D eigenvalue weighted by molar-refractivity contribution is 5.58. The van der Waals surface area contributed by atoms with Gasteiger partial charge in [0.25, 0.3) is 0 Å². The zero-order valence-corrected chi connectivity index (χ0v) is 11.1. The average molecular weight is 267 g/mol. The topological polar surface area (TPSA) is 30.7 Å². The Hall–Kier alpha value is -2.49. The SMILES string of the molecule is CCc1ccc(-c2cn(-c3cccc(F)c3)nn2)cc1. The maximum absolute atomic E-state index is 13.2. The lowest BCUT2D eigenvalue weighted by molar-refractivity contribution is 0.625. The molecule has 0 bridgehead atoms. The predicted molar refractivity (Wildman–Crippen MR) is 76.1 cm³/mol. The molecule has 0 spiro atoms. The minimum absolute atomic E-state index is 0.285. The summed E-state index contributed by atoms with van der Waals surface area (Å²) in [4.78, 5) is 0. The van der Waals surface area contributed by atoms with Crippen LogP contribution in [0.5, 0.6) is 0 Å². The van der Waals surface area contributed by atoms with Crippen LogP contribution in [0, 0.1) is 5.82 Å². The number of halogens is 1. The number of aryl methyl sites for hydroxylation is 1.